The zero-order valence-corrected chi connectivity index (χ0v) is 18.5. The molecule has 5 rings (SSSR count). The van der Waals surface area contributed by atoms with Crippen LogP contribution in [0.25, 0.3) is 0 Å². The Hall–Kier alpha value is -3.98. The summed E-state index contributed by atoms with van der Waals surface area (Å²) in [5.41, 5.74) is 2.55. The predicted octanol–water partition coefficient (Wildman–Crippen LogP) is 0.803. The number of nitrogens with one attached hydrogen (secondary N) is 2. The number of nitriles is 1. The Morgan fingerprint density at radius 3 is 3.06 bits per heavy atom. The molecule has 2 aromatic heterocycles. The minimum atomic E-state index is -0.501. The van der Waals surface area contributed by atoms with Crippen molar-refractivity contribution in [3.8, 4) is 17.8 Å². The molecule has 2 aromatic rings. The van der Waals surface area contributed by atoms with Gasteiger partial charge >= 0.3 is 6.09 Å². The maximum atomic E-state index is 12.4. The molecule has 1 fully saturated rings. The second-order valence-corrected chi connectivity index (χ2v) is 8.36. The highest BCUT2D eigenvalue weighted by Crippen LogP contribution is 2.31. The molecule has 0 saturated carbocycles. The molecule has 0 aromatic carbocycles. The second kappa shape index (κ2) is 9.11. The smallest absolute Gasteiger partial charge is 0.415 e. The zero-order valence-electron chi connectivity index (χ0n) is 18.5. The minimum Gasteiger partial charge on any atom is -0.481 e. The number of anilines is 2. The quantitative estimate of drug-likeness (QED) is 0.562. The topological polar surface area (TPSA) is 152 Å². The van der Waals surface area contributed by atoms with Crippen LogP contribution < -0.4 is 25.0 Å². The van der Waals surface area contributed by atoms with Crippen LogP contribution in [0.4, 0.5) is 16.4 Å². The molecule has 0 bridgehead atoms. The van der Waals surface area contributed by atoms with Crippen molar-refractivity contribution in [2.45, 2.75) is 25.4 Å². The van der Waals surface area contributed by atoms with E-state index in [4.69, 9.17) is 14.2 Å². The number of hydrogen-bond acceptors (Lipinski definition) is 10. The van der Waals surface area contributed by atoms with Gasteiger partial charge in [0.15, 0.2) is 18.2 Å². The van der Waals surface area contributed by atoms with Crippen molar-refractivity contribution >= 4 is 23.6 Å². The van der Waals surface area contributed by atoms with Crippen LogP contribution in [-0.2, 0) is 22.4 Å². The number of amides is 2. The van der Waals surface area contributed by atoms with E-state index in [1.54, 1.807) is 7.11 Å². The van der Waals surface area contributed by atoms with Gasteiger partial charge in [-0.2, -0.15) is 5.26 Å². The highest BCUT2D eigenvalue weighted by Gasteiger charge is 2.34. The largest absolute Gasteiger partial charge is 0.481 e. The molecular weight excluding hydrogens is 442 g/mol. The molecule has 2 atom stereocenters. The van der Waals surface area contributed by atoms with E-state index in [9.17, 15) is 14.9 Å². The molecule has 2 unspecified atom stereocenters. The predicted molar refractivity (Wildman–Crippen MR) is 118 cm³/mol. The number of carbonyl (C=O) groups is 2. The Labute approximate surface area is 195 Å². The molecule has 176 valence electrons. The summed E-state index contributed by atoms with van der Waals surface area (Å²) in [6.45, 7) is 1.68. The van der Waals surface area contributed by atoms with Gasteiger partial charge in [0.05, 0.1) is 19.9 Å². The zero-order chi connectivity index (χ0) is 23.7. The van der Waals surface area contributed by atoms with Crippen LogP contribution in [0.5, 0.6) is 11.8 Å². The highest BCUT2D eigenvalue weighted by atomic mass is 16.6. The SMILES string of the molecule is COc1cc2c(c(C#N)n1)CC(CNCCC1CN(c3cnc4c(n3)NC(=O)CO4)C(=O)O1)C2. The molecule has 34 heavy (non-hydrogen) atoms. The first-order chi connectivity index (χ1) is 16.5. The van der Waals surface area contributed by atoms with Gasteiger partial charge in [0.25, 0.3) is 11.8 Å². The van der Waals surface area contributed by atoms with Gasteiger partial charge in [-0.1, -0.05) is 0 Å². The van der Waals surface area contributed by atoms with Crippen LogP contribution in [0.2, 0.25) is 0 Å². The average Bonchev–Trinajstić information content (AvgIpc) is 3.43. The Kier molecular flexibility index (Phi) is 5.85. The monoisotopic (exact) mass is 465 g/mol. The summed E-state index contributed by atoms with van der Waals surface area (Å²) in [7, 11) is 1.55. The molecule has 2 N–H and O–H groups in total. The Morgan fingerprint density at radius 2 is 2.24 bits per heavy atom. The fourth-order valence-electron chi connectivity index (χ4n) is 4.44. The van der Waals surface area contributed by atoms with Gasteiger partial charge in [-0.25, -0.2) is 19.7 Å². The summed E-state index contributed by atoms with van der Waals surface area (Å²) in [4.78, 5) is 37.9. The van der Waals surface area contributed by atoms with Crippen LogP contribution in [0.3, 0.4) is 0 Å². The fraction of sp³-hybridized carbons (Fsp3) is 0.455. The lowest BCUT2D eigenvalue weighted by Crippen LogP contribution is -2.30. The van der Waals surface area contributed by atoms with E-state index in [-0.39, 0.29) is 30.3 Å². The number of rotatable bonds is 7. The van der Waals surface area contributed by atoms with Crippen molar-refractivity contribution in [2.24, 2.45) is 5.92 Å². The standard InChI is InChI=1S/C22H23N7O5/c1-32-19-6-13-4-12(5-15(13)16(7-23)26-19)8-24-3-2-14-10-29(22(31)34-14)17-9-25-21-20(27-17)28-18(30)11-33-21/h6,9,12,14,24H,2-5,8,10-11H2,1H3,(H,27,28,30). The first-order valence-electron chi connectivity index (χ1n) is 11.0. The lowest BCUT2D eigenvalue weighted by Gasteiger charge is -2.18. The number of hydrogen-bond donors (Lipinski definition) is 2. The molecule has 12 heteroatoms. The third-order valence-corrected chi connectivity index (χ3v) is 6.06. The molecule has 1 saturated heterocycles. The summed E-state index contributed by atoms with van der Waals surface area (Å²) >= 11 is 0. The van der Waals surface area contributed by atoms with Gasteiger partial charge in [-0.05, 0) is 49.4 Å². The number of methoxy groups -OCH3 is 1. The van der Waals surface area contributed by atoms with Crippen molar-refractivity contribution in [1.29, 1.82) is 5.26 Å². The number of pyridine rings is 1. The molecule has 1 aliphatic carbocycles. The van der Waals surface area contributed by atoms with E-state index < -0.39 is 6.09 Å². The summed E-state index contributed by atoms with van der Waals surface area (Å²) in [6.07, 6.45) is 2.93. The van der Waals surface area contributed by atoms with Crippen LogP contribution in [0.15, 0.2) is 12.3 Å². The summed E-state index contributed by atoms with van der Waals surface area (Å²) < 4.78 is 15.9. The highest BCUT2D eigenvalue weighted by molar-refractivity contribution is 5.94. The molecule has 2 amide bonds. The number of carbonyl (C=O) groups excluding carboxylic acids is 2. The molecule has 3 aliphatic rings. The van der Waals surface area contributed by atoms with Gasteiger partial charge in [0, 0.05) is 6.07 Å². The van der Waals surface area contributed by atoms with Crippen LogP contribution in [0.1, 0.15) is 23.2 Å². The van der Waals surface area contributed by atoms with E-state index in [1.807, 2.05) is 6.07 Å². The third-order valence-electron chi connectivity index (χ3n) is 6.06. The van der Waals surface area contributed by atoms with E-state index in [0.29, 0.717) is 42.8 Å². The summed E-state index contributed by atoms with van der Waals surface area (Å²) in [6, 6.07) is 4.07. The normalized spacial score (nSPS) is 20.6. The Morgan fingerprint density at radius 1 is 1.35 bits per heavy atom. The maximum absolute atomic E-state index is 12.4. The third kappa shape index (κ3) is 4.29. The van der Waals surface area contributed by atoms with Gasteiger partial charge in [0.1, 0.15) is 17.9 Å². The van der Waals surface area contributed by atoms with Crippen LogP contribution >= 0.6 is 0 Å². The number of aromatic nitrogens is 3. The van der Waals surface area contributed by atoms with Crippen LogP contribution in [0, 0.1) is 17.2 Å². The molecule has 12 nitrogen and oxygen atoms in total. The molecule has 0 spiro atoms. The van der Waals surface area contributed by atoms with E-state index in [2.05, 4.69) is 31.7 Å². The van der Waals surface area contributed by atoms with Gasteiger partial charge in [-0.15, -0.1) is 0 Å². The fourth-order valence-corrected chi connectivity index (χ4v) is 4.44. The Balaban J connectivity index is 1.11. The lowest BCUT2D eigenvalue weighted by atomic mass is 10.1. The van der Waals surface area contributed by atoms with Gasteiger partial charge < -0.3 is 24.8 Å². The maximum Gasteiger partial charge on any atom is 0.415 e. The van der Waals surface area contributed by atoms with Crippen LogP contribution in [-0.4, -0.2) is 66.4 Å². The van der Waals surface area contributed by atoms with E-state index >= 15 is 0 Å². The number of nitrogens with zero attached hydrogens (tertiary/aromatic N) is 5. The summed E-state index contributed by atoms with van der Waals surface area (Å²) in [5, 5.41) is 15.4. The molecule has 2 aliphatic heterocycles. The van der Waals surface area contributed by atoms with E-state index in [1.165, 1.54) is 11.1 Å². The first kappa shape index (κ1) is 21.8. The van der Waals surface area contributed by atoms with Crippen molar-refractivity contribution in [1.82, 2.24) is 20.3 Å². The number of fused-ring (bicyclic) bond motifs is 2. The molecular formula is C22H23N7O5. The van der Waals surface area contributed by atoms with Crippen molar-refractivity contribution in [3.63, 3.8) is 0 Å². The summed E-state index contributed by atoms with van der Waals surface area (Å²) in [5.74, 6) is 1.22. The minimum absolute atomic E-state index is 0.112. The number of ether oxygens (including phenoxy) is 3. The van der Waals surface area contributed by atoms with E-state index in [0.717, 1.165) is 30.5 Å². The van der Waals surface area contributed by atoms with Gasteiger partial charge in [-0.3, -0.25) is 9.69 Å². The van der Waals surface area contributed by atoms with Gasteiger partial charge in [0.2, 0.25) is 5.88 Å². The molecule has 4 heterocycles. The Bertz CT molecular complexity index is 1180. The lowest BCUT2D eigenvalue weighted by molar-refractivity contribution is -0.118. The number of cyclic esters (lactones) is 1. The first-order valence-corrected chi connectivity index (χ1v) is 11.0. The van der Waals surface area contributed by atoms with Crippen molar-refractivity contribution < 1.29 is 23.8 Å². The van der Waals surface area contributed by atoms with Crippen molar-refractivity contribution in [2.75, 3.05) is 43.6 Å². The second-order valence-electron chi connectivity index (χ2n) is 8.36. The average molecular weight is 465 g/mol. The van der Waals surface area contributed by atoms with Crippen molar-refractivity contribution in [3.05, 3.63) is 29.1 Å². The molecule has 0 radical (unpaired) electrons.